The van der Waals surface area contributed by atoms with Gasteiger partial charge in [0.15, 0.2) is 5.78 Å². The smallest absolute Gasteiger partial charge is 0.342 e. The van der Waals surface area contributed by atoms with E-state index >= 15 is 0 Å². The Morgan fingerprint density at radius 2 is 1.73 bits per heavy atom. The van der Waals surface area contributed by atoms with E-state index in [1.54, 1.807) is 6.92 Å². The van der Waals surface area contributed by atoms with Crippen LogP contribution in [0.5, 0.6) is 5.75 Å². The fraction of sp³-hybridized carbons (Fsp3) is 0.250. The molecule has 0 aliphatic rings. The Balaban J connectivity index is 2.49. The highest BCUT2D eigenvalue weighted by molar-refractivity contribution is 6.03. The van der Waals surface area contributed by atoms with Gasteiger partial charge in [0, 0.05) is 5.56 Å². The molecule has 26 heavy (non-hydrogen) atoms. The highest BCUT2D eigenvalue weighted by Gasteiger charge is 2.25. The highest BCUT2D eigenvalue weighted by atomic mass is 16.5. The van der Waals surface area contributed by atoms with Crippen molar-refractivity contribution in [3.05, 3.63) is 64.7 Å². The van der Waals surface area contributed by atoms with E-state index in [0.717, 1.165) is 5.56 Å². The van der Waals surface area contributed by atoms with E-state index in [1.165, 1.54) is 19.1 Å². The second-order valence-corrected chi connectivity index (χ2v) is 5.59. The summed E-state index contributed by atoms with van der Waals surface area (Å²) in [5.74, 6) is -2.01. The largest absolute Gasteiger partial charge is 0.488 e. The summed E-state index contributed by atoms with van der Waals surface area (Å²) in [6, 6.07) is 12.3. The summed E-state index contributed by atoms with van der Waals surface area (Å²) >= 11 is 0. The number of carboxylic acids is 1. The first-order chi connectivity index (χ1) is 12.4. The van der Waals surface area contributed by atoms with Gasteiger partial charge in [-0.1, -0.05) is 30.3 Å². The molecule has 0 aliphatic carbocycles. The van der Waals surface area contributed by atoms with Crippen molar-refractivity contribution < 1.29 is 29.0 Å². The molecule has 0 aliphatic heterocycles. The number of aliphatic carboxylic acids is 1. The number of carboxylic acid groups (broad SMARTS) is 1. The molecule has 136 valence electrons. The number of carbonyl (C=O) groups is 3. The first kappa shape index (κ1) is 19.2. The lowest BCUT2D eigenvalue weighted by Crippen LogP contribution is -2.17. The number of esters is 1. The van der Waals surface area contributed by atoms with Crippen LogP contribution in [0.1, 0.15) is 45.7 Å². The van der Waals surface area contributed by atoms with Crippen LogP contribution in [-0.4, -0.2) is 29.4 Å². The maximum atomic E-state index is 12.4. The lowest BCUT2D eigenvalue weighted by molar-refractivity contribution is -0.136. The topological polar surface area (TPSA) is 89.9 Å². The highest BCUT2D eigenvalue weighted by Crippen LogP contribution is 2.29. The average molecular weight is 356 g/mol. The molecule has 0 bridgehead atoms. The van der Waals surface area contributed by atoms with Crippen LogP contribution in [0.25, 0.3) is 0 Å². The molecule has 0 saturated heterocycles. The van der Waals surface area contributed by atoms with Gasteiger partial charge in [0.2, 0.25) is 0 Å². The maximum Gasteiger partial charge on any atom is 0.342 e. The first-order valence-electron chi connectivity index (χ1n) is 8.16. The van der Waals surface area contributed by atoms with Crippen LogP contribution in [0.2, 0.25) is 0 Å². The maximum absolute atomic E-state index is 12.4. The van der Waals surface area contributed by atoms with Crippen molar-refractivity contribution in [2.45, 2.75) is 26.9 Å². The minimum absolute atomic E-state index is 0.0159. The molecule has 0 unspecified atom stereocenters. The van der Waals surface area contributed by atoms with Gasteiger partial charge in [0.1, 0.15) is 17.9 Å². The zero-order valence-electron chi connectivity index (χ0n) is 14.7. The molecule has 0 amide bonds. The van der Waals surface area contributed by atoms with Gasteiger partial charge in [-0.05, 0) is 37.1 Å². The second kappa shape index (κ2) is 8.80. The first-order valence-corrected chi connectivity index (χ1v) is 8.16. The monoisotopic (exact) mass is 356 g/mol. The molecule has 2 rings (SSSR count). The lowest BCUT2D eigenvalue weighted by Gasteiger charge is -2.16. The average Bonchev–Trinajstić information content (AvgIpc) is 2.60. The summed E-state index contributed by atoms with van der Waals surface area (Å²) in [7, 11) is 0. The van der Waals surface area contributed by atoms with Crippen molar-refractivity contribution in [2.75, 3.05) is 6.61 Å². The number of hydrogen-bond donors (Lipinski definition) is 1. The molecule has 0 fully saturated rings. The van der Waals surface area contributed by atoms with Crippen molar-refractivity contribution in [3.8, 4) is 5.75 Å². The predicted octanol–water partition coefficient (Wildman–Crippen LogP) is 3.27. The van der Waals surface area contributed by atoms with Gasteiger partial charge < -0.3 is 14.6 Å². The van der Waals surface area contributed by atoms with Crippen LogP contribution in [0, 0.1) is 0 Å². The molecular formula is C20H20O6. The van der Waals surface area contributed by atoms with Crippen LogP contribution in [0.15, 0.2) is 42.5 Å². The number of ether oxygens (including phenoxy) is 2. The predicted molar refractivity (Wildman–Crippen MR) is 94.5 cm³/mol. The van der Waals surface area contributed by atoms with E-state index < -0.39 is 18.4 Å². The van der Waals surface area contributed by atoms with Gasteiger partial charge in [-0.15, -0.1) is 0 Å². The Morgan fingerprint density at radius 1 is 1.04 bits per heavy atom. The van der Waals surface area contributed by atoms with Gasteiger partial charge in [0.05, 0.1) is 13.0 Å². The van der Waals surface area contributed by atoms with Crippen LogP contribution >= 0.6 is 0 Å². The molecule has 0 heterocycles. The van der Waals surface area contributed by atoms with Crippen molar-refractivity contribution in [3.63, 3.8) is 0 Å². The van der Waals surface area contributed by atoms with E-state index in [2.05, 4.69) is 0 Å². The Bertz CT molecular complexity index is 811. The van der Waals surface area contributed by atoms with E-state index in [9.17, 15) is 19.5 Å². The number of benzene rings is 2. The summed E-state index contributed by atoms with van der Waals surface area (Å²) in [6.45, 7) is 3.28. The molecule has 0 atom stereocenters. The van der Waals surface area contributed by atoms with Gasteiger partial charge in [0.25, 0.3) is 0 Å². The molecule has 6 heteroatoms. The number of rotatable bonds is 8. The fourth-order valence-corrected chi connectivity index (χ4v) is 2.57. The summed E-state index contributed by atoms with van der Waals surface area (Å²) in [5.41, 5.74) is 1.15. The minimum Gasteiger partial charge on any atom is -0.488 e. The summed E-state index contributed by atoms with van der Waals surface area (Å²) < 4.78 is 10.8. The third-order valence-electron chi connectivity index (χ3n) is 3.70. The molecule has 0 spiro atoms. The zero-order chi connectivity index (χ0) is 19.1. The molecule has 0 aromatic heterocycles. The third-order valence-corrected chi connectivity index (χ3v) is 3.70. The van der Waals surface area contributed by atoms with Crippen molar-refractivity contribution >= 4 is 17.7 Å². The molecule has 2 aromatic rings. The standard InChI is InChI=1S/C20H20O6/c1-3-25-20(24)19-16(11-18(22)23)15(13(2)21)9-10-17(19)26-12-14-7-5-4-6-8-14/h4-10H,3,11-12H2,1-2H3,(H,22,23). The number of Topliss-reactive ketones (excluding diaryl/α,β-unsaturated/α-hetero) is 1. The van der Waals surface area contributed by atoms with Crippen molar-refractivity contribution in [2.24, 2.45) is 0 Å². The molecule has 6 nitrogen and oxygen atoms in total. The third kappa shape index (κ3) is 4.69. The van der Waals surface area contributed by atoms with Gasteiger partial charge in [-0.25, -0.2) is 4.79 Å². The normalized spacial score (nSPS) is 10.2. The number of ketones is 1. The van der Waals surface area contributed by atoms with Crippen LogP contribution in [0.4, 0.5) is 0 Å². The van der Waals surface area contributed by atoms with E-state index in [1.807, 2.05) is 30.3 Å². The van der Waals surface area contributed by atoms with E-state index in [-0.39, 0.29) is 41.4 Å². The summed E-state index contributed by atoms with van der Waals surface area (Å²) in [4.78, 5) is 35.6. The molecule has 0 radical (unpaired) electrons. The van der Waals surface area contributed by atoms with Crippen LogP contribution in [-0.2, 0) is 22.6 Å². The van der Waals surface area contributed by atoms with Crippen molar-refractivity contribution in [1.29, 1.82) is 0 Å². The summed E-state index contributed by atoms with van der Waals surface area (Å²) in [5, 5.41) is 9.20. The Hall–Kier alpha value is -3.15. The second-order valence-electron chi connectivity index (χ2n) is 5.59. The van der Waals surface area contributed by atoms with Gasteiger partial charge in [-0.3, -0.25) is 9.59 Å². The fourth-order valence-electron chi connectivity index (χ4n) is 2.57. The SMILES string of the molecule is CCOC(=O)c1c(OCc2ccccc2)ccc(C(C)=O)c1CC(=O)O. The summed E-state index contributed by atoms with van der Waals surface area (Å²) in [6.07, 6.45) is -0.481. The van der Waals surface area contributed by atoms with Crippen molar-refractivity contribution in [1.82, 2.24) is 0 Å². The molecular weight excluding hydrogens is 336 g/mol. The van der Waals surface area contributed by atoms with Gasteiger partial charge in [-0.2, -0.15) is 0 Å². The number of carbonyl (C=O) groups excluding carboxylic acids is 2. The lowest BCUT2D eigenvalue weighted by atomic mass is 9.95. The molecule has 1 N–H and O–H groups in total. The molecule has 2 aromatic carbocycles. The van der Waals surface area contributed by atoms with E-state index in [4.69, 9.17) is 9.47 Å². The quantitative estimate of drug-likeness (QED) is 0.577. The zero-order valence-corrected chi connectivity index (χ0v) is 14.7. The Morgan fingerprint density at radius 3 is 2.31 bits per heavy atom. The number of hydrogen-bond acceptors (Lipinski definition) is 5. The van der Waals surface area contributed by atoms with E-state index in [0.29, 0.717) is 0 Å². The Labute approximate surface area is 151 Å². The Kier molecular flexibility index (Phi) is 6.49. The van der Waals surface area contributed by atoms with Gasteiger partial charge >= 0.3 is 11.9 Å². The van der Waals surface area contributed by atoms with Crippen LogP contribution in [0.3, 0.4) is 0 Å². The molecule has 0 saturated carbocycles. The van der Waals surface area contributed by atoms with Crippen LogP contribution < -0.4 is 4.74 Å². The minimum atomic E-state index is -1.15.